The highest BCUT2D eigenvalue weighted by Gasteiger charge is 2.07. The van der Waals surface area contributed by atoms with Crippen LogP contribution in [0.4, 0.5) is 4.39 Å². The van der Waals surface area contributed by atoms with Crippen LogP contribution in [-0.4, -0.2) is 6.61 Å². The minimum absolute atomic E-state index is 0.291. The lowest BCUT2D eigenvalue weighted by Crippen LogP contribution is -1.94. The molecule has 0 atom stereocenters. The molecule has 32 heavy (non-hydrogen) atoms. The van der Waals surface area contributed by atoms with Gasteiger partial charge in [0, 0.05) is 0 Å². The number of benzene rings is 4. The molecule has 1 nitrogen and oxygen atoms in total. The SMILES string of the molecule is C=CCCc1ccc(-c2ccc(-c3ccc(-c4ccc(OCC)c(F)c4)cc3)cc2)cc1. The summed E-state index contributed by atoms with van der Waals surface area (Å²) in [7, 11) is 0. The molecule has 0 heterocycles. The molecular weight excluding hydrogens is 395 g/mol. The van der Waals surface area contributed by atoms with Crippen LogP contribution in [-0.2, 0) is 6.42 Å². The van der Waals surface area contributed by atoms with Crippen molar-refractivity contribution in [3.05, 3.63) is 115 Å². The molecule has 0 unspecified atom stereocenters. The minimum atomic E-state index is -0.335. The maximum Gasteiger partial charge on any atom is 0.165 e. The van der Waals surface area contributed by atoms with Gasteiger partial charge in [-0.05, 0) is 70.8 Å². The van der Waals surface area contributed by atoms with Gasteiger partial charge in [-0.2, -0.15) is 0 Å². The Hall–Kier alpha value is -3.65. The fraction of sp³-hybridized carbons (Fsp3) is 0.133. The monoisotopic (exact) mass is 422 g/mol. The number of hydrogen-bond donors (Lipinski definition) is 0. The Kier molecular flexibility index (Phi) is 6.81. The summed E-state index contributed by atoms with van der Waals surface area (Å²) in [4.78, 5) is 0. The first-order chi connectivity index (χ1) is 15.7. The fourth-order valence-electron chi connectivity index (χ4n) is 3.80. The highest BCUT2D eigenvalue weighted by Crippen LogP contribution is 2.29. The quantitative estimate of drug-likeness (QED) is 0.259. The summed E-state index contributed by atoms with van der Waals surface area (Å²) in [5.74, 6) is -0.0443. The minimum Gasteiger partial charge on any atom is -0.491 e. The smallest absolute Gasteiger partial charge is 0.165 e. The Morgan fingerprint density at radius 3 is 1.56 bits per heavy atom. The molecule has 0 fully saturated rings. The van der Waals surface area contributed by atoms with Gasteiger partial charge in [0.1, 0.15) is 0 Å². The van der Waals surface area contributed by atoms with Crippen LogP contribution < -0.4 is 4.74 Å². The molecule has 4 rings (SSSR count). The Morgan fingerprint density at radius 2 is 1.12 bits per heavy atom. The number of allylic oxidation sites excluding steroid dienone is 1. The molecule has 0 bridgehead atoms. The van der Waals surface area contributed by atoms with Gasteiger partial charge in [0.25, 0.3) is 0 Å². The Bertz CT molecular complexity index is 1170. The van der Waals surface area contributed by atoms with Crippen molar-refractivity contribution in [3.63, 3.8) is 0 Å². The van der Waals surface area contributed by atoms with Crippen molar-refractivity contribution in [2.75, 3.05) is 6.61 Å². The highest BCUT2D eigenvalue weighted by molar-refractivity contribution is 5.73. The zero-order valence-corrected chi connectivity index (χ0v) is 18.4. The maximum absolute atomic E-state index is 14.2. The zero-order valence-electron chi connectivity index (χ0n) is 18.4. The van der Waals surface area contributed by atoms with Crippen molar-refractivity contribution in [2.24, 2.45) is 0 Å². The van der Waals surface area contributed by atoms with Crippen molar-refractivity contribution in [1.29, 1.82) is 0 Å². The van der Waals surface area contributed by atoms with Gasteiger partial charge < -0.3 is 4.74 Å². The third kappa shape index (κ3) is 4.97. The van der Waals surface area contributed by atoms with E-state index in [1.807, 2.05) is 31.2 Å². The van der Waals surface area contributed by atoms with Crippen LogP contribution in [0.5, 0.6) is 5.75 Å². The van der Waals surface area contributed by atoms with Crippen LogP contribution in [0.15, 0.2) is 104 Å². The van der Waals surface area contributed by atoms with Gasteiger partial charge in [0.2, 0.25) is 0 Å². The second kappa shape index (κ2) is 10.1. The van der Waals surface area contributed by atoms with Gasteiger partial charge >= 0.3 is 0 Å². The van der Waals surface area contributed by atoms with E-state index in [2.05, 4.69) is 67.2 Å². The highest BCUT2D eigenvalue weighted by atomic mass is 19.1. The van der Waals surface area contributed by atoms with Crippen LogP contribution in [0, 0.1) is 5.82 Å². The third-order valence-corrected chi connectivity index (χ3v) is 5.59. The van der Waals surface area contributed by atoms with E-state index in [1.54, 1.807) is 6.07 Å². The average molecular weight is 423 g/mol. The molecule has 0 radical (unpaired) electrons. The van der Waals surface area contributed by atoms with Crippen molar-refractivity contribution in [3.8, 4) is 39.1 Å². The van der Waals surface area contributed by atoms with Crippen molar-refractivity contribution in [2.45, 2.75) is 19.8 Å². The number of halogens is 1. The molecule has 4 aromatic rings. The third-order valence-electron chi connectivity index (χ3n) is 5.59. The Labute approximate surface area is 189 Å². The molecule has 4 aromatic carbocycles. The number of ether oxygens (including phenoxy) is 1. The van der Waals surface area contributed by atoms with E-state index in [1.165, 1.54) is 22.8 Å². The molecule has 2 heteroatoms. The molecule has 0 spiro atoms. The standard InChI is InChI=1S/C30H27FO/c1-3-5-6-22-7-9-23(10-8-22)24-11-13-25(14-12-24)26-15-17-27(18-16-26)28-19-20-30(32-4-2)29(31)21-28/h3,7-21H,1,4-6H2,2H3. The van der Waals surface area contributed by atoms with E-state index in [0.29, 0.717) is 12.4 Å². The topological polar surface area (TPSA) is 9.23 Å². The van der Waals surface area contributed by atoms with Gasteiger partial charge in [-0.15, -0.1) is 6.58 Å². The van der Waals surface area contributed by atoms with E-state index in [0.717, 1.165) is 35.1 Å². The van der Waals surface area contributed by atoms with Gasteiger partial charge in [0.05, 0.1) is 6.61 Å². The molecule has 0 aliphatic heterocycles. The summed E-state index contributed by atoms with van der Waals surface area (Å²) in [6.07, 6.45) is 3.98. The van der Waals surface area contributed by atoms with Gasteiger partial charge in [-0.1, -0.05) is 84.9 Å². The van der Waals surface area contributed by atoms with Crippen molar-refractivity contribution >= 4 is 0 Å². The summed E-state index contributed by atoms with van der Waals surface area (Å²) in [6.45, 7) is 6.08. The molecule has 0 saturated heterocycles. The molecule has 0 aliphatic rings. The zero-order chi connectivity index (χ0) is 22.3. The summed E-state index contributed by atoms with van der Waals surface area (Å²) in [5.41, 5.74) is 7.84. The van der Waals surface area contributed by atoms with Crippen molar-refractivity contribution in [1.82, 2.24) is 0 Å². The van der Waals surface area contributed by atoms with Crippen LogP contribution >= 0.6 is 0 Å². The molecule has 0 saturated carbocycles. The summed E-state index contributed by atoms with van der Waals surface area (Å²) in [5, 5.41) is 0. The van der Waals surface area contributed by atoms with E-state index < -0.39 is 0 Å². The van der Waals surface area contributed by atoms with Crippen LogP contribution in [0.25, 0.3) is 33.4 Å². The molecule has 0 amide bonds. The van der Waals surface area contributed by atoms with Gasteiger partial charge in [-0.25, -0.2) is 4.39 Å². The lowest BCUT2D eigenvalue weighted by atomic mass is 9.97. The molecule has 0 N–H and O–H groups in total. The predicted octanol–water partition coefficient (Wildman–Crippen LogP) is 8.34. The van der Waals surface area contributed by atoms with Crippen molar-refractivity contribution < 1.29 is 9.13 Å². The fourth-order valence-corrected chi connectivity index (χ4v) is 3.80. The molecule has 0 aromatic heterocycles. The first-order valence-electron chi connectivity index (χ1n) is 11.0. The summed E-state index contributed by atoms with van der Waals surface area (Å²) in [6, 6.07) is 30.7. The molecular formula is C30H27FO. The van der Waals surface area contributed by atoms with Crippen LogP contribution in [0.3, 0.4) is 0 Å². The van der Waals surface area contributed by atoms with Crippen LogP contribution in [0.2, 0.25) is 0 Å². The molecule has 0 aliphatic carbocycles. The second-order valence-corrected chi connectivity index (χ2v) is 7.76. The lowest BCUT2D eigenvalue weighted by molar-refractivity contribution is 0.321. The molecule has 160 valence electrons. The predicted molar refractivity (Wildman–Crippen MR) is 132 cm³/mol. The van der Waals surface area contributed by atoms with E-state index in [-0.39, 0.29) is 5.82 Å². The van der Waals surface area contributed by atoms with E-state index in [4.69, 9.17) is 4.74 Å². The first kappa shape index (κ1) is 21.6. The van der Waals surface area contributed by atoms with Crippen LogP contribution in [0.1, 0.15) is 18.9 Å². The van der Waals surface area contributed by atoms with E-state index in [9.17, 15) is 4.39 Å². The first-order valence-corrected chi connectivity index (χ1v) is 11.0. The second-order valence-electron chi connectivity index (χ2n) is 7.76. The lowest BCUT2D eigenvalue weighted by Gasteiger charge is -2.09. The Morgan fingerprint density at radius 1 is 0.688 bits per heavy atom. The summed E-state index contributed by atoms with van der Waals surface area (Å²) < 4.78 is 19.5. The van der Waals surface area contributed by atoms with E-state index >= 15 is 0 Å². The van der Waals surface area contributed by atoms with Gasteiger partial charge in [0.15, 0.2) is 11.6 Å². The normalized spacial score (nSPS) is 10.7. The number of hydrogen-bond acceptors (Lipinski definition) is 1. The Balaban J connectivity index is 1.49. The summed E-state index contributed by atoms with van der Waals surface area (Å²) >= 11 is 0. The number of rotatable bonds is 8. The average Bonchev–Trinajstić information content (AvgIpc) is 2.85. The largest absolute Gasteiger partial charge is 0.491 e. The number of aryl methyl sites for hydroxylation is 1. The van der Waals surface area contributed by atoms with Gasteiger partial charge in [-0.3, -0.25) is 0 Å². The maximum atomic E-state index is 14.2.